The third kappa shape index (κ3) is 6.12. The van der Waals surface area contributed by atoms with E-state index < -0.39 is 0 Å². The van der Waals surface area contributed by atoms with E-state index in [0.29, 0.717) is 12.0 Å². The van der Waals surface area contributed by atoms with Crippen molar-refractivity contribution in [2.75, 3.05) is 6.54 Å². The van der Waals surface area contributed by atoms with Crippen LogP contribution in [0.4, 0.5) is 4.79 Å². The highest BCUT2D eigenvalue weighted by Gasteiger charge is 2.57. The van der Waals surface area contributed by atoms with Gasteiger partial charge in [-0.1, -0.05) is 47.0 Å². The zero-order chi connectivity index (χ0) is 26.7. The molecule has 1 aromatic heterocycles. The first-order valence-corrected chi connectivity index (χ1v) is 16.3. The number of carbonyl (C=O) groups excluding carboxylic acids is 1. The second kappa shape index (κ2) is 12.3. The van der Waals surface area contributed by atoms with E-state index in [-0.39, 0.29) is 12.2 Å². The molecule has 4 saturated carbocycles. The van der Waals surface area contributed by atoms with Crippen LogP contribution in [-0.4, -0.2) is 28.3 Å². The molecular weight excluding hydrogens is 470 g/mol. The predicted molar refractivity (Wildman–Crippen MR) is 154 cm³/mol. The van der Waals surface area contributed by atoms with Gasteiger partial charge < -0.3 is 14.6 Å². The van der Waals surface area contributed by atoms with Crippen LogP contribution in [-0.2, 0) is 11.3 Å². The normalized spacial score (nSPS) is 37.2. The van der Waals surface area contributed by atoms with Gasteiger partial charge in [0.15, 0.2) is 0 Å². The first kappa shape index (κ1) is 28.0. The van der Waals surface area contributed by atoms with Gasteiger partial charge in [-0.2, -0.15) is 0 Å². The number of amides is 1. The first-order valence-electron chi connectivity index (χ1n) is 16.3. The predicted octanol–water partition coefficient (Wildman–Crippen LogP) is 8.10. The van der Waals surface area contributed by atoms with Gasteiger partial charge >= 0.3 is 6.09 Å². The quantitative estimate of drug-likeness (QED) is 0.314. The third-order valence-corrected chi connectivity index (χ3v) is 11.8. The molecule has 0 saturated heterocycles. The fourth-order valence-electron chi connectivity index (χ4n) is 10.0. The molecule has 4 fully saturated rings. The van der Waals surface area contributed by atoms with E-state index in [2.05, 4.69) is 38.0 Å². The molecule has 0 aliphatic heterocycles. The zero-order valence-corrected chi connectivity index (χ0v) is 24.7. The van der Waals surface area contributed by atoms with Crippen LogP contribution in [0.25, 0.3) is 0 Å². The summed E-state index contributed by atoms with van der Waals surface area (Å²) in [6, 6.07) is 0. The lowest BCUT2D eigenvalue weighted by molar-refractivity contribution is -0.0832. The minimum Gasteiger partial charge on any atom is -0.446 e. The van der Waals surface area contributed by atoms with E-state index in [1.165, 1.54) is 64.2 Å². The number of aromatic nitrogens is 2. The van der Waals surface area contributed by atoms with Crippen LogP contribution in [0.15, 0.2) is 18.7 Å². The molecule has 1 N–H and O–H groups in total. The summed E-state index contributed by atoms with van der Waals surface area (Å²) in [6.45, 7) is 11.5. The highest BCUT2D eigenvalue weighted by Crippen LogP contribution is 2.65. The van der Waals surface area contributed by atoms with Gasteiger partial charge in [0.1, 0.15) is 6.10 Å². The number of aryl methyl sites for hydroxylation is 1. The van der Waals surface area contributed by atoms with Gasteiger partial charge in [-0.05, 0) is 117 Å². The van der Waals surface area contributed by atoms with Gasteiger partial charge in [0, 0.05) is 25.5 Å². The van der Waals surface area contributed by atoms with Crippen molar-refractivity contribution in [3.8, 4) is 0 Å². The minimum atomic E-state index is -0.222. The van der Waals surface area contributed by atoms with Crippen molar-refractivity contribution in [1.29, 1.82) is 0 Å². The highest BCUT2D eigenvalue weighted by molar-refractivity contribution is 5.67. The Bertz CT molecular complexity index is 885. The van der Waals surface area contributed by atoms with E-state index in [9.17, 15) is 4.79 Å². The molecule has 0 aromatic carbocycles. The summed E-state index contributed by atoms with van der Waals surface area (Å²) in [5.41, 5.74) is 0.585. The number of imidazole rings is 1. The largest absolute Gasteiger partial charge is 0.446 e. The summed E-state index contributed by atoms with van der Waals surface area (Å²) >= 11 is 0. The lowest BCUT2D eigenvalue weighted by Gasteiger charge is -2.56. The highest BCUT2D eigenvalue weighted by atomic mass is 16.6. The summed E-state index contributed by atoms with van der Waals surface area (Å²) < 4.78 is 7.96. The molecule has 5 heteroatoms. The molecule has 3 unspecified atom stereocenters. The Labute approximate surface area is 232 Å². The number of nitrogens with one attached hydrogen (secondary N) is 1. The Kier molecular flexibility index (Phi) is 9.10. The molecule has 0 spiro atoms. The fraction of sp³-hybridized carbons (Fsp3) is 0.879. The van der Waals surface area contributed by atoms with Crippen LogP contribution in [0.5, 0.6) is 0 Å². The summed E-state index contributed by atoms with van der Waals surface area (Å²) in [4.78, 5) is 16.5. The van der Waals surface area contributed by atoms with Crippen molar-refractivity contribution in [2.45, 2.75) is 124 Å². The monoisotopic (exact) mass is 525 g/mol. The summed E-state index contributed by atoms with van der Waals surface area (Å²) in [7, 11) is 0. The number of carbonyl (C=O) groups is 1. The molecule has 4 aliphatic rings. The van der Waals surface area contributed by atoms with Crippen LogP contribution in [0, 0.1) is 52.8 Å². The first-order chi connectivity index (χ1) is 18.3. The summed E-state index contributed by atoms with van der Waals surface area (Å²) in [5, 5.41) is 2.98. The summed E-state index contributed by atoms with van der Waals surface area (Å²) in [6.07, 6.45) is 22.7. The third-order valence-electron chi connectivity index (χ3n) is 11.8. The lowest BCUT2D eigenvalue weighted by atomic mass is 9.49. The molecule has 0 radical (unpaired) electrons. The van der Waals surface area contributed by atoms with Gasteiger partial charge in [-0.25, -0.2) is 9.78 Å². The molecule has 1 aromatic rings. The van der Waals surface area contributed by atoms with Crippen LogP contribution in [0.2, 0.25) is 0 Å². The van der Waals surface area contributed by atoms with E-state index in [1.54, 1.807) is 6.20 Å². The number of hydrogen-bond donors (Lipinski definition) is 1. The number of fused-ring (bicyclic) bond motifs is 5. The van der Waals surface area contributed by atoms with Crippen molar-refractivity contribution in [2.24, 2.45) is 52.8 Å². The maximum absolute atomic E-state index is 12.5. The van der Waals surface area contributed by atoms with Gasteiger partial charge in [-0.3, -0.25) is 0 Å². The maximum Gasteiger partial charge on any atom is 0.407 e. The van der Waals surface area contributed by atoms with E-state index in [0.717, 1.165) is 73.2 Å². The lowest BCUT2D eigenvalue weighted by Crippen LogP contribution is -2.50. The number of nitrogens with zero attached hydrogens (tertiary/aromatic N) is 2. The number of ether oxygens (including phenoxy) is 1. The number of alkyl carbamates (subject to hydrolysis) is 1. The fourth-order valence-corrected chi connectivity index (χ4v) is 10.0. The van der Waals surface area contributed by atoms with Gasteiger partial charge in [0.2, 0.25) is 0 Å². The van der Waals surface area contributed by atoms with Crippen molar-refractivity contribution in [1.82, 2.24) is 14.9 Å². The maximum atomic E-state index is 12.5. The van der Waals surface area contributed by atoms with E-state index in [4.69, 9.17) is 4.74 Å². The van der Waals surface area contributed by atoms with Gasteiger partial charge in [0.25, 0.3) is 0 Å². The molecule has 214 valence electrons. The van der Waals surface area contributed by atoms with Gasteiger partial charge in [-0.15, -0.1) is 0 Å². The molecular formula is C33H55N3O2. The van der Waals surface area contributed by atoms with Crippen LogP contribution in [0.1, 0.15) is 111 Å². The second-order valence-corrected chi connectivity index (χ2v) is 14.4. The van der Waals surface area contributed by atoms with E-state index >= 15 is 0 Å². The van der Waals surface area contributed by atoms with Crippen LogP contribution >= 0.6 is 0 Å². The molecule has 0 bridgehead atoms. The summed E-state index contributed by atoms with van der Waals surface area (Å²) in [5.74, 6) is 7.16. The van der Waals surface area contributed by atoms with Crippen LogP contribution in [0.3, 0.4) is 0 Å². The molecule has 4 aliphatic carbocycles. The minimum absolute atomic E-state index is 0.109. The van der Waals surface area contributed by atoms with Crippen molar-refractivity contribution < 1.29 is 9.53 Å². The topological polar surface area (TPSA) is 56.1 Å². The molecule has 1 heterocycles. The Hall–Kier alpha value is -1.52. The Morgan fingerprint density at radius 3 is 2.66 bits per heavy atom. The number of rotatable bonds is 10. The Balaban J connectivity index is 1.08. The number of hydrogen-bond acceptors (Lipinski definition) is 3. The smallest absolute Gasteiger partial charge is 0.407 e. The van der Waals surface area contributed by atoms with Crippen LogP contribution < -0.4 is 5.32 Å². The van der Waals surface area contributed by atoms with Crippen molar-refractivity contribution in [3.63, 3.8) is 0 Å². The van der Waals surface area contributed by atoms with E-state index in [1.807, 2.05) is 17.1 Å². The van der Waals surface area contributed by atoms with Gasteiger partial charge in [0.05, 0.1) is 6.33 Å². The average molecular weight is 526 g/mol. The standard InChI is InChI=1S/C33H55N3O2/c1-23(2)7-5-8-24(3)30-13-14-31-29-11-9-25-21-26(10-12-27(25)28(29)15-16-33(30,31)4)38-32(37)35-17-6-19-36-20-18-34-22-36/h18,20,22-31H,5-17,19,21H2,1-4H3,(H,35,37)/t24-,25?,26?,27?,28-,29-,30-,31+,33-/m1/s1. The Morgan fingerprint density at radius 2 is 1.87 bits per heavy atom. The molecule has 5 nitrogen and oxygen atoms in total. The molecule has 5 rings (SSSR count). The van der Waals surface area contributed by atoms with Crippen molar-refractivity contribution in [3.05, 3.63) is 18.7 Å². The zero-order valence-electron chi connectivity index (χ0n) is 24.7. The molecule has 9 atom stereocenters. The second-order valence-electron chi connectivity index (χ2n) is 14.4. The molecule has 38 heavy (non-hydrogen) atoms. The SMILES string of the molecule is CC(C)CCC[C@@H](C)[C@H]1CC[C@H]2[C@@H]3CCC4CC(OC(=O)NCCCn5ccnc5)CCC4[C@H]3CC[C@]12C. The van der Waals surface area contributed by atoms with Crippen molar-refractivity contribution >= 4 is 6.09 Å². The Morgan fingerprint density at radius 1 is 1.03 bits per heavy atom. The molecule has 1 amide bonds. The average Bonchev–Trinajstić information content (AvgIpc) is 3.53.